The van der Waals surface area contributed by atoms with Crippen LogP contribution in [0.25, 0.3) is 0 Å². The summed E-state index contributed by atoms with van der Waals surface area (Å²) in [5, 5.41) is 8.74. The van der Waals surface area contributed by atoms with E-state index in [0.29, 0.717) is 13.1 Å². The van der Waals surface area contributed by atoms with Crippen LogP contribution in [0.15, 0.2) is 24.3 Å². The van der Waals surface area contributed by atoms with Crippen LogP contribution in [0.3, 0.4) is 0 Å². The molecule has 0 spiro atoms. The number of benzene rings is 1. The van der Waals surface area contributed by atoms with Crippen LogP contribution in [-0.2, 0) is 4.79 Å². The zero-order chi connectivity index (χ0) is 11.3. The lowest BCUT2D eigenvalue weighted by Gasteiger charge is -2.22. The first-order chi connectivity index (χ1) is 7.13. The molecule has 0 bridgehead atoms. The standard InChI is InChI=1S/C11H16N2O2/c1-9-2-4-10(5-3-9)13(7-6-12)8-11(14)15/h2-5H,6-8,12H2,1H3,(H,14,15). The SMILES string of the molecule is Cc1ccc(N(CCN)CC(=O)O)cc1. The van der Waals surface area contributed by atoms with E-state index in [1.807, 2.05) is 31.2 Å². The molecule has 1 rings (SSSR count). The molecule has 0 saturated carbocycles. The minimum Gasteiger partial charge on any atom is -0.480 e. The number of hydrogen-bond acceptors (Lipinski definition) is 3. The maximum Gasteiger partial charge on any atom is 0.323 e. The number of carboxylic acids is 1. The lowest BCUT2D eigenvalue weighted by atomic mass is 10.2. The fourth-order valence-corrected chi connectivity index (χ4v) is 1.37. The highest BCUT2D eigenvalue weighted by molar-refractivity contribution is 5.73. The maximum atomic E-state index is 10.6. The average Bonchev–Trinajstić information content (AvgIpc) is 2.17. The Bertz CT molecular complexity index is 322. The molecule has 4 nitrogen and oxygen atoms in total. The molecule has 0 amide bonds. The molecule has 0 radical (unpaired) electrons. The maximum absolute atomic E-state index is 10.6. The number of nitrogens with zero attached hydrogens (tertiary/aromatic N) is 1. The molecule has 1 aromatic rings. The number of carboxylic acid groups (broad SMARTS) is 1. The molecule has 1 aromatic carbocycles. The predicted octanol–water partition coefficient (Wildman–Crippen LogP) is 0.845. The van der Waals surface area contributed by atoms with Crippen molar-refractivity contribution in [2.75, 3.05) is 24.5 Å². The van der Waals surface area contributed by atoms with Gasteiger partial charge in [0.05, 0.1) is 0 Å². The molecule has 15 heavy (non-hydrogen) atoms. The Balaban J connectivity index is 2.78. The summed E-state index contributed by atoms with van der Waals surface area (Å²) in [6.07, 6.45) is 0. The second-order valence-corrected chi connectivity index (χ2v) is 3.44. The number of rotatable bonds is 5. The molecule has 0 aliphatic rings. The van der Waals surface area contributed by atoms with Gasteiger partial charge in [0.25, 0.3) is 0 Å². The van der Waals surface area contributed by atoms with Crippen LogP contribution in [0.4, 0.5) is 5.69 Å². The van der Waals surface area contributed by atoms with E-state index in [2.05, 4.69) is 0 Å². The van der Waals surface area contributed by atoms with E-state index in [1.54, 1.807) is 4.90 Å². The van der Waals surface area contributed by atoms with Gasteiger partial charge >= 0.3 is 5.97 Å². The van der Waals surface area contributed by atoms with Gasteiger partial charge in [0.15, 0.2) is 0 Å². The molecular formula is C11H16N2O2. The van der Waals surface area contributed by atoms with Gasteiger partial charge in [-0.3, -0.25) is 4.79 Å². The number of nitrogens with two attached hydrogens (primary N) is 1. The highest BCUT2D eigenvalue weighted by Gasteiger charge is 2.08. The van der Waals surface area contributed by atoms with Gasteiger partial charge < -0.3 is 15.7 Å². The Kier molecular flexibility index (Phi) is 4.12. The molecule has 0 atom stereocenters. The third-order valence-electron chi connectivity index (χ3n) is 2.12. The number of hydrogen-bond donors (Lipinski definition) is 2. The predicted molar refractivity (Wildman–Crippen MR) is 60.1 cm³/mol. The highest BCUT2D eigenvalue weighted by atomic mass is 16.4. The van der Waals surface area contributed by atoms with Crippen molar-refractivity contribution in [1.82, 2.24) is 0 Å². The smallest absolute Gasteiger partial charge is 0.323 e. The second kappa shape index (κ2) is 5.36. The first kappa shape index (κ1) is 11.5. The van der Waals surface area contributed by atoms with Gasteiger partial charge in [0.2, 0.25) is 0 Å². The molecular weight excluding hydrogens is 192 g/mol. The van der Waals surface area contributed by atoms with Gasteiger partial charge in [-0.05, 0) is 19.1 Å². The Hall–Kier alpha value is -1.55. The van der Waals surface area contributed by atoms with Crippen molar-refractivity contribution in [3.05, 3.63) is 29.8 Å². The van der Waals surface area contributed by atoms with Gasteiger partial charge in [0, 0.05) is 18.8 Å². The zero-order valence-corrected chi connectivity index (χ0v) is 8.81. The molecule has 0 aliphatic carbocycles. The van der Waals surface area contributed by atoms with E-state index in [4.69, 9.17) is 10.8 Å². The number of aliphatic carboxylic acids is 1. The van der Waals surface area contributed by atoms with Crippen molar-refractivity contribution in [1.29, 1.82) is 0 Å². The van der Waals surface area contributed by atoms with E-state index < -0.39 is 5.97 Å². The second-order valence-electron chi connectivity index (χ2n) is 3.44. The van der Waals surface area contributed by atoms with Crippen LogP contribution in [0.1, 0.15) is 5.56 Å². The van der Waals surface area contributed by atoms with E-state index in [0.717, 1.165) is 11.3 Å². The minimum atomic E-state index is -0.843. The zero-order valence-electron chi connectivity index (χ0n) is 8.81. The topological polar surface area (TPSA) is 66.6 Å². The van der Waals surface area contributed by atoms with Crippen LogP contribution in [-0.4, -0.2) is 30.7 Å². The van der Waals surface area contributed by atoms with E-state index in [1.165, 1.54) is 0 Å². The summed E-state index contributed by atoms with van der Waals surface area (Å²) in [5.74, 6) is -0.843. The van der Waals surface area contributed by atoms with Crippen molar-refractivity contribution < 1.29 is 9.90 Å². The fourth-order valence-electron chi connectivity index (χ4n) is 1.37. The van der Waals surface area contributed by atoms with Gasteiger partial charge in [-0.25, -0.2) is 0 Å². The molecule has 0 heterocycles. The summed E-state index contributed by atoms with van der Waals surface area (Å²) in [5.41, 5.74) is 7.49. The van der Waals surface area contributed by atoms with Gasteiger partial charge in [-0.15, -0.1) is 0 Å². The van der Waals surface area contributed by atoms with Crippen molar-refractivity contribution in [2.45, 2.75) is 6.92 Å². The van der Waals surface area contributed by atoms with Crippen molar-refractivity contribution in [3.63, 3.8) is 0 Å². The van der Waals surface area contributed by atoms with Crippen molar-refractivity contribution in [2.24, 2.45) is 5.73 Å². The van der Waals surface area contributed by atoms with Gasteiger partial charge in [-0.2, -0.15) is 0 Å². The Labute approximate surface area is 89.3 Å². The monoisotopic (exact) mass is 208 g/mol. The Morgan fingerprint density at radius 2 is 2.00 bits per heavy atom. The quantitative estimate of drug-likeness (QED) is 0.752. The minimum absolute atomic E-state index is 0.0136. The molecule has 0 saturated heterocycles. The van der Waals surface area contributed by atoms with E-state index >= 15 is 0 Å². The summed E-state index contributed by atoms with van der Waals surface area (Å²) in [6.45, 7) is 2.98. The van der Waals surface area contributed by atoms with Crippen LogP contribution in [0.5, 0.6) is 0 Å². The lowest BCUT2D eigenvalue weighted by molar-refractivity contribution is -0.135. The van der Waals surface area contributed by atoms with Crippen LogP contribution in [0, 0.1) is 6.92 Å². The molecule has 0 aliphatic heterocycles. The third kappa shape index (κ3) is 3.59. The highest BCUT2D eigenvalue weighted by Crippen LogP contribution is 2.14. The first-order valence-electron chi connectivity index (χ1n) is 4.87. The summed E-state index contributed by atoms with van der Waals surface area (Å²) in [4.78, 5) is 12.4. The largest absolute Gasteiger partial charge is 0.480 e. The summed E-state index contributed by atoms with van der Waals surface area (Å²) in [6, 6.07) is 7.74. The van der Waals surface area contributed by atoms with E-state index in [-0.39, 0.29) is 6.54 Å². The molecule has 0 unspecified atom stereocenters. The first-order valence-corrected chi connectivity index (χ1v) is 4.87. The van der Waals surface area contributed by atoms with Gasteiger partial charge in [0.1, 0.15) is 6.54 Å². The van der Waals surface area contributed by atoms with Crippen LogP contribution in [0.2, 0.25) is 0 Å². The van der Waals surface area contributed by atoms with Crippen LogP contribution >= 0.6 is 0 Å². The summed E-state index contributed by atoms with van der Waals surface area (Å²) in [7, 11) is 0. The Morgan fingerprint density at radius 3 is 2.47 bits per heavy atom. The van der Waals surface area contributed by atoms with Gasteiger partial charge in [-0.1, -0.05) is 17.7 Å². The van der Waals surface area contributed by atoms with Crippen molar-refractivity contribution in [3.8, 4) is 0 Å². The van der Waals surface area contributed by atoms with Crippen molar-refractivity contribution >= 4 is 11.7 Å². The number of anilines is 1. The average molecular weight is 208 g/mol. The third-order valence-corrected chi connectivity index (χ3v) is 2.12. The molecule has 0 fully saturated rings. The Morgan fingerprint density at radius 1 is 1.40 bits per heavy atom. The summed E-state index contributed by atoms with van der Waals surface area (Å²) < 4.78 is 0. The van der Waals surface area contributed by atoms with Crippen LogP contribution < -0.4 is 10.6 Å². The van der Waals surface area contributed by atoms with E-state index in [9.17, 15) is 4.79 Å². The molecule has 4 heteroatoms. The molecule has 82 valence electrons. The molecule has 3 N–H and O–H groups in total. The fraction of sp³-hybridized carbons (Fsp3) is 0.364. The molecule has 0 aromatic heterocycles. The lowest BCUT2D eigenvalue weighted by Crippen LogP contribution is -2.34. The normalized spacial score (nSPS) is 10.0. The number of aryl methyl sites for hydroxylation is 1. The number of carbonyl (C=O) groups is 1. The summed E-state index contributed by atoms with van der Waals surface area (Å²) >= 11 is 0.